The highest BCUT2D eigenvalue weighted by Gasteiger charge is 2.41. The Morgan fingerprint density at radius 3 is 2.77 bits per heavy atom. The second-order valence-corrected chi connectivity index (χ2v) is 10.7. The Labute approximate surface area is 214 Å². The van der Waals surface area contributed by atoms with Crippen LogP contribution in [0, 0.1) is 5.41 Å². The van der Waals surface area contributed by atoms with Gasteiger partial charge in [-0.1, -0.05) is 11.6 Å². The van der Waals surface area contributed by atoms with Gasteiger partial charge in [0.25, 0.3) is 0 Å². The van der Waals surface area contributed by atoms with Crippen LogP contribution < -0.4 is 4.74 Å². The maximum atomic E-state index is 12.3. The number of ether oxygens (including phenoxy) is 1. The minimum absolute atomic E-state index is 0.316. The van der Waals surface area contributed by atoms with Crippen molar-refractivity contribution >= 4 is 39.8 Å². The fourth-order valence-electron chi connectivity index (χ4n) is 4.95. The van der Waals surface area contributed by atoms with Crippen LogP contribution in [0.5, 0.6) is 5.75 Å². The molecule has 1 fully saturated rings. The summed E-state index contributed by atoms with van der Waals surface area (Å²) in [7, 11) is 1.58. The number of piperidine rings is 1. The van der Waals surface area contributed by atoms with E-state index in [0.717, 1.165) is 44.3 Å². The monoisotopic (exact) mass is 517 g/mol. The Morgan fingerprint density at radius 2 is 2.09 bits per heavy atom. The number of thiazole rings is 1. The standard InChI is InChI=1S/C26H32ClN3O4S/c1-34-18-5-6-21-19(16-18)24(20(27)17-29-21)22(31)7-8-26(25(32)33)9-13-30(14-10-26)12-3-2-4-23-28-11-15-35-23/h5-6,11,15-17,22,31H,2-4,7-10,12-14H2,1H3,(H,32,33). The highest BCUT2D eigenvalue weighted by Crippen LogP contribution is 2.41. The molecule has 1 atom stereocenters. The lowest BCUT2D eigenvalue weighted by Crippen LogP contribution is -2.44. The molecule has 1 unspecified atom stereocenters. The molecule has 0 radical (unpaired) electrons. The van der Waals surface area contributed by atoms with Crippen molar-refractivity contribution in [2.45, 2.75) is 51.0 Å². The number of aromatic nitrogens is 2. The average Bonchev–Trinajstić information content (AvgIpc) is 3.39. The lowest BCUT2D eigenvalue weighted by Gasteiger charge is -2.39. The number of aliphatic hydroxyl groups excluding tert-OH is 1. The first-order valence-electron chi connectivity index (χ1n) is 12.1. The molecule has 0 amide bonds. The zero-order valence-corrected chi connectivity index (χ0v) is 21.5. The molecule has 188 valence electrons. The highest BCUT2D eigenvalue weighted by molar-refractivity contribution is 7.09. The normalized spacial score (nSPS) is 16.9. The van der Waals surface area contributed by atoms with Gasteiger partial charge in [-0.05, 0) is 82.8 Å². The van der Waals surface area contributed by atoms with E-state index in [1.807, 2.05) is 29.8 Å². The summed E-state index contributed by atoms with van der Waals surface area (Å²) in [6.45, 7) is 2.50. The van der Waals surface area contributed by atoms with Gasteiger partial charge in [0.15, 0.2) is 0 Å². The van der Waals surface area contributed by atoms with Crippen molar-refractivity contribution in [3.63, 3.8) is 0 Å². The average molecular weight is 518 g/mol. The number of nitrogens with zero attached hydrogens (tertiary/aromatic N) is 3. The van der Waals surface area contributed by atoms with Crippen LogP contribution in [0.1, 0.15) is 55.2 Å². The number of aliphatic hydroxyl groups is 1. The number of aryl methyl sites for hydroxylation is 1. The molecule has 3 heterocycles. The molecule has 1 aliphatic rings. The van der Waals surface area contributed by atoms with Crippen LogP contribution in [-0.4, -0.2) is 57.8 Å². The lowest BCUT2D eigenvalue weighted by molar-refractivity contribution is -0.153. The first-order valence-corrected chi connectivity index (χ1v) is 13.3. The third-order valence-corrected chi connectivity index (χ3v) is 8.30. The van der Waals surface area contributed by atoms with Crippen molar-refractivity contribution in [2.24, 2.45) is 5.41 Å². The number of unbranched alkanes of at least 4 members (excludes halogenated alkanes) is 1. The number of methoxy groups -OCH3 is 1. The van der Waals surface area contributed by atoms with Crippen LogP contribution in [0.25, 0.3) is 10.9 Å². The molecule has 35 heavy (non-hydrogen) atoms. The molecule has 0 bridgehead atoms. The summed E-state index contributed by atoms with van der Waals surface area (Å²) in [6, 6.07) is 5.45. The van der Waals surface area contributed by atoms with Crippen LogP contribution in [-0.2, 0) is 11.2 Å². The van der Waals surface area contributed by atoms with E-state index in [-0.39, 0.29) is 0 Å². The van der Waals surface area contributed by atoms with Gasteiger partial charge in [-0.2, -0.15) is 0 Å². The molecular weight excluding hydrogens is 486 g/mol. The maximum Gasteiger partial charge on any atom is 0.309 e. The van der Waals surface area contributed by atoms with Crippen molar-refractivity contribution in [2.75, 3.05) is 26.7 Å². The summed E-state index contributed by atoms with van der Waals surface area (Å²) in [5.41, 5.74) is 0.458. The van der Waals surface area contributed by atoms with E-state index in [1.165, 1.54) is 11.2 Å². The van der Waals surface area contributed by atoms with Gasteiger partial charge in [0.2, 0.25) is 0 Å². The molecule has 4 rings (SSSR count). The smallest absolute Gasteiger partial charge is 0.309 e. The Morgan fingerprint density at radius 1 is 1.29 bits per heavy atom. The first kappa shape index (κ1) is 25.8. The van der Waals surface area contributed by atoms with Crippen molar-refractivity contribution < 1.29 is 19.7 Å². The predicted molar refractivity (Wildman–Crippen MR) is 138 cm³/mol. The number of aliphatic carboxylic acids is 1. The minimum atomic E-state index is -0.889. The quantitative estimate of drug-likeness (QED) is 0.331. The lowest BCUT2D eigenvalue weighted by atomic mass is 9.74. The fraction of sp³-hybridized carbons (Fsp3) is 0.500. The summed E-state index contributed by atoms with van der Waals surface area (Å²) in [4.78, 5) is 23.4. The van der Waals surface area contributed by atoms with Gasteiger partial charge in [-0.25, -0.2) is 4.98 Å². The van der Waals surface area contributed by atoms with E-state index in [4.69, 9.17) is 16.3 Å². The molecule has 2 N–H and O–H groups in total. The van der Waals surface area contributed by atoms with E-state index >= 15 is 0 Å². The third kappa shape index (κ3) is 6.12. The SMILES string of the molecule is COc1ccc2ncc(Cl)c(C(O)CCC3(C(=O)O)CCN(CCCCc4nccs4)CC3)c2c1. The van der Waals surface area contributed by atoms with Gasteiger partial charge in [-0.3, -0.25) is 9.78 Å². The van der Waals surface area contributed by atoms with Gasteiger partial charge >= 0.3 is 5.97 Å². The number of carboxylic acid groups (broad SMARTS) is 1. The molecule has 1 aliphatic heterocycles. The molecule has 0 saturated carbocycles. The molecule has 7 nitrogen and oxygen atoms in total. The van der Waals surface area contributed by atoms with E-state index in [2.05, 4.69) is 14.9 Å². The van der Waals surface area contributed by atoms with Crippen molar-refractivity contribution in [1.29, 1.82) is 0 Å². The maximum absolute atomic E-state index is 12.3. The van der Waals surface area contributed by atoms with Crippen molar-refractivity contribution in [1.82, 2.24) is 14.9 Å². The molecule has 0 aliphatic carbocycles. The Bertz CT molecular complexity index is 1130. The number of likely N-dealkylation sites (tertiary alicyclic amines) is 1. The van der Waals surface area contributed by atoms with Gasteiger partial charge in [-0.15, -0.1) is 11.3 Å². The number of carbonyl (C=O) groups is 1. The molecule has 0 spiro atoms. The summed E-state index contributed by atoms with van der Waals surface area (Å²) >= 11 is 8.13. The number of benzene rings is 1. The Balaban J connectivity index is 1.35. The summed E-state index contributed by atoms with van der Waals surface area (Å²) in [5, 5.41) is 25.5. The number of carboxylic acids is 1. The molecule has 1 aromatic carbocycles. The van der Waals surface area contributed by atoms with E-state index in [9.17, 15) is 15.0 Å². The third-order valence-electron chi connectivity index (χ3n) is 7.16. The highest BCUT2D eigenvalue weighted by atomic mass is 35.5. The van der Waals surface area contributed by atoms with E-state index in [0.29, 0.717) is 47.5 Å². The zero-order valence-electron chi connectivity index (χ0n) is 20.0. The predicted octanol–water partition coefficient (Wildman–Crippen LogP) is 5.36. The summed E-state index contributed by atoms with van der Waals surface area (Å²) in [6.07, 6.45) is 7.54. The number of rotatable bonds is 11. The van der Waals surface area contributed by atoms with Gasteiger partial charge < -0.3 is 19.8 Å². The number of halogens is 1. The van der Waals surface area contributed by atoms with Crippen LogP contribution in [0.3, 0.4) is 0 Å². The van der Waals surface area contributed by atoms with Gasteiger partial charge in [0.1, 0.15) is 5.75 Å². The van der Waals surface area contributed by atoms with Crippen molar-refractivity contribution in [3.8, 4) is 5.75 Å². The first-order chi connectivity index (χ1) is 16.9. The molecule has 3 aromatic rings. The molecule has 9 heteroatoms. The van der Waals surface area contributed by atoms with E-state index in [1.54, 1.807) is 18.4 Å². The Hall–Kier alpha value is -2.26. The van der Waals surface area contributed by atoms with Crippen LogP contribution in [0.4, 0.5) is 0 Å². The fourth-order valence-corrected chi connectivity index (χ4v) is 5.89. The molecule has 2 aromatic heterocycles. The largest absolute Gasteiger partial charge is 0.497 e. The number of hydrogen-bond donors (Lipinski definition) is 2. The topological polar surface area (TPSA) is 95.8 Å². The van der Waals surface area contributed by atoms with E-state index < -0.39 is 17.5 Å². The Kier molecular flexibility index (Phi) is 8.59. The second kappa shape index (κ2) is 11.6. The molecular formula is C26H32ClN3O4S. The minimum Gasteiger partial charge on any atom is -0.497 e. The zero-order chi connectivity index (χ0) is 24.8. The molecule has 1 saturated heterocycles. The summed E-state index contributed by atoms with van der Waals surface area (Å²) in [5.74, 6) is -0.128. The van der Waals surface area contributed by atoms with Crippen LogP contribution in [0.2, 0.25) is 5.02 Å². The van der Waals surface area contributed by atoms with Gasteiger partial charge in [0.05, 0.1) is 34.2 Å². The number of fused-ring (bicyclic) bond motifs is 1. The second-order valence-electron chi connectivity index (χ2n) is 9.27. The summed E-state index contributed by atoms with van der Waals surface area (Å²) < 4.78 is 5.33. The van der Waals surface area contributed by atoms with Gasteiger partial charge in [0, 0.05) is 28.7 Å². The van der Waals surface area contributed by atoms with Crippen LogP contribution in [0.15, 0.2) is 36.0 Å². The number of pyridine rings is 1. The van der Waals surface area contributed by atoms with Crippen LogP contribution >= 0.6 is 22.9 Å². The number of hydrogen-bond acceptors (Lipinski definition) is 7. The van der Waals surface area contributed by atoms with Crippen molar-refractivity contribution in [3.05, 3.63) is 51.6 Å².